The molecule has 0 radical (unpaired) electrons. The number of carbonyl (C=O) groups excluding carboxylic acids is 1. The van der Waals surface area contributed by atoms with E-state index in [4.69, 9.17) is 11.6 Å². The van der Waals surface area contributed by atoms with Crippen molar-refractivity contribution in [3.8, 4) is 5.75 Å². The van der Waals surface area contributed by atoms with E-state index in [-0.39, 0.29) is 17.1 Å². The number of hydrogen-bond donors (Lipinski definition) is 1. The molecular formula is C16H12BrClO2. The minimum Gasteiger partial charge on any atom is -0.506 e. The maximum atomic E-state index is 12.1. The van der Waals surface area contributed by atoms with Gasteiger partial charge >= 0.3 is 0 Å². The fourth-order valence-corrected chi connectivity index (χ4v) is 2.46. The molecule has 0 unspecified atom stereocenters. The Balaban J connectivity index is 2.26. The van der Waals surface area contributed by atoms with E-state index in [1.165, 1.54) is 6.08 Å². The molecule has 4 heteroatoms. The third kappa shape index (κ3) is 3.50. The summed E-state index contributed by atoms with van der Waals surface area (Å²) in [7, 11) is 0. The van der Waals surface area contributed by atoms with Crippen molar-refractivity contribution in [2.45, 2.75) is 6.92 Å². The number of aromatic hydroxyl groups is 1. The van der Waals surface area contributed by atoms with Gasteiger partial charge in [-0.25, -0.2) is 0 Å². The van der Waals surface area contributed by atoms with Gasteiger partial charge in [-0.1, -0.05) is 29.8 Å². The van der Waals surface area contributed by atoms with E-state index in [0.717, 1.165) is 11.1 Å². The summed E-state index contributed by atoms with van der Waals surface area (Å²) in [5, 5.41) is 10.6. The normalized spacial score (nSPS) is 10.9. The van der Waals surface area contributed by atoms with Crippen molar-refractivity contribution in [3.63, 3.8) is 0 Å². The van der Waals surface area contributed by atoms with Crippen LogP contribution in [-0.2, 0) is 0 Å². The van der Waals surface area contributed by atoms with Gasteiger partial charge in [-0.15, -0.1) is 0 Å². The van der Waals surface area contributed by atoms with Crippen LogP contribution in [0.4, 0.5) is 0 Å². The molecule has 2 rings (SSSR count). The van der Waals surface area contributed by atoms with Crippen LogP contribution in [0.3, 0.4) is 0 Å². The molecule has 0 atom stereocenters. The first-order valence-electron chi connectivity index (χ1n) is 5.94. The minimum atomic E-state index is -0.248. The summed E-state index contributed by atoms with van der Waals surface area (Å²) in [4.78, 5) is 12.1. The molecular weight excluding hydrogens is 340 g/mol. The lowest BCUT2D eigenvalue weighted by Crippen LogP contribution is -1.96. The lowest BCUT2D eigenvalue weighted by atomic mass is 10.1. The topological polar surface area (TPSA) is 37.3 Å². The molecule has 0 spiro atoms. The maximum Gasteiger partial charge on any atom is 0.189 e. The molecule has 0 aliphatic rings. The van der Waals surface area contributed by atoms with Gasteiger partial charge in [-0.05, 0) is 64.3 Å². The molecule has 102 valence electrons. The number of halogens is 2. The van der Waals surface area contributed by atoms with Crippen molar-refractivity contribution in [1.82, 2.24) is 0 Å². The van der Waals surface area contributed by atoms with E-state index in [1.807, 2.05) is 19.1 Å². The van der Waals surface area contributed by atoms with Gasteiger partial charge in [-0.2, -0.15) is 0 Å². The number of hydrogen-bond acceptors (Lipinski definition) is 2. The predicted molar refractivity (Wildman–Crippen MR) is 85.4 cm³/mol. The Morgan fingerprint density at radius 3 is 2.55 bits per heavy atom. The largest absolute Gasteiger partial charge is 0.506 e. The highest BCUT2D eigenvalue weighted by Gasteiger charge is 2.12. The Morgan fingerprint density at radius 2 is 1.90 bits per heavy atom. The number of phenolic OH excluding ortho intramolecular Hbond substituents is 1. The molecule has 2 aromatic carbocycles. The van der Waals surface area contributed by atoms with Crippen LogP contribution in [0.5, 0.6) is 5.75 Å². The molecule has 0 heterocycles. The molecule has 1 N–H and O–H groups in total. The summed E-state index contributed by atoms with van der Waals surface area (Å²) < 4.78 is 0.515. The predicted octanol–water partition coefficient (Wildman–Crippen LogP) is 5.01. The van der Waals surface area contributed by atoms with Crippen molar-refractivity contribution >= 4 is 39.4 Å². The van der Waals surface area contributed by atoms with E-state index in [1.54, 1.807) is 30.3 Å². The summed E-state index contributed by atoms with van der Waals surface area (Å²) in [6.45, 7) is 1.86. The number of ketones is 1. The zero-order valence-electron chi connectivity index (χ0n) is 10.7. The number of rotatable bonds is 3. The van der Waals surface area contributed by atoms with E-state index in [2.05, 4.69) is 15.9 Å². The van der Waals surface area contributed by atoms with Crippen LogP contribution in [0.2, 0.25) is 5.02 Å². The smallest absolute Gasteiger partial charge is 0.189 e. The van der Waals surface area contributed by atoms with Gasteiger partial charge in [0.15, 0.2) is 5.78 Å². The third-order valence-corrected chi connectivity index (χ3v) is 3.63. The summed E-state index contributed by atoms with van der Waals surface area (Å²) in [5.41, 5.74) is 2.05. The zero-order valence-corrected chi connectivity index (χ0v) is 13.1. The second kappa shape index (κ2) is 6.25. The molecule has 0 saturated heterocycles. The second-order valence-electron chi connectivity index (χ2n) is 4.39. The molecule has 20 heavy (non-hydrogen) atoms. The zero-order chi connectivity index (χ0) is 14.7. The number of carbonyl (C=O) groups is 1. The van der Waals surface area contributed by atoms with Gasteiger partial charge in [0.05, 0.1) is 10.0 Å². The lowest BCUT2D eigenvalue weighted by Gasteiger charge is -2.05. The number of phenols is 1. The molecule has 0 aromatic heterocycles. The summed E-state index contributed by atoms with van der Waals surface area (Å²) in [6.07, 6.45) is 3.12. The quantitative estimate of drug-likeness (QED) is 0.623. The lowest BCUT2D eigenvalue weighted by molar-refractivity contribution is 0.104. The van der Waals surface area contributed by atoms with Gasteiger partial charge in [0, 0.05) is 5.02 Å². The highest BCUT2D eigenvalue weighted by Crippen LogP contribution is 2.29. The van der Waals surface area contributed by atoms with Gasteiger partial charge in [0.25, 0.3) is 0 Å². The van der Waals surface area contributed by atoms with Crippen molar-refractivity contribution in [3.05, 3.63) is 68.7 Å². The van der Waals surface area contributed by atoms with Crippen LogP contribution in [0.15, 0.2) is 46.9 Å². The molecule has 0 amide bonds. The van der Waals surface area contributed by atoms with Crippen molar-refractivity contribution in [2.75, 3.05) is 0 Å². The van der Waals surface area contributed by atoms with E-state index < -0.39 is 0 Å². The van der Waals surface area contributed by atoms with Gasteiger partial charge in [-0.3, -0.25) is 4.79 Å². The average Bonchev–Trinajstić information content (AvgIpc) is 2.42. The van der Waals surface area contributed by atoms with Crippen LogP contribution in [0.1, 0.15) is 21.5 Å². The number of allylic oxidation sites excluding steroid dienone is 1. The highest BCUT2D eigenvalue weighted by atomic mass is 79.9. The number of benzene rings is 2. The van der Waals surface area contributed by atoms with Gasteiger partial charge in [0.1, 0.15) is 5.75 Å². The van der Waals surface area contributed by atoms with Crippen LogP contribution >= 0.6 is 27.5 Å². The Labute approximate surface area is 130 Å². The van der Waals surface area contributed by atoms with E-state index >= 15 is 0 Å². The Hall–Kier alpha value is -1.58. The molecule has 0 saturated carbocycles. The van der Waals surface area contributed by atoms with Gasteiger partial charge in [0.2, 0.25) is 0 Å². The fraction of sp³-hybridized carbons (Fsp3) is 0.0625. The molecule has 0 aliphatic carbocycles. The molecule has 2 nitrogen and oxygen atoms in total. The second-order valence-corrected chi connectivity index (χ2v) is 5.68. The first-order valence-corrected chi connectivity index (χ1v) is 7.11. The van der Waals surface area contributed by atoms with Crippen molar-refractivity contribution < 1.29 is 9.90 Å². The van der Waals surface area contributed by atoms with Crippen LogP contribution in [-0.4, -0.2) is 10.9 Å². The highest BCUT2D eigenvalue weighted by molar-refractivity contribution is 9.10. The minimum absolute atomic E-state index is 0.0404. The maximum absolute atomic E-state index is 12.1. The first kappa shape index (κ1) is 14.8. The summed E-state index contributed by atoms with van der Waals surface area (Å²) in [6, 6.07) is 10.6. The van der Waals surface area contributed by atoms with Crippen molar-refractivity contribution in [2.24, 2.45) is 0 Å². The van der Waals surface area contributed by atoms with E-state index in [0.29, 0.717) is 9.50 Å². The Bertz CT molecular complexity index is 676. The number of aryl methyl sites for hydroxylation is 1. The fourth-order valence-electron chi connectivity index (χ4n) is 1.76. The Morgan fingerprint density at radius 1 is 1.25 bits per heavy atom. The van der Waals surface area contributed by atoms with Crippen LogP contribution in [0, 0.1) is 6.92 Å². The van der Waals surface area contributed by atoms with Gasteiger partial charge < -0.3 is 5.11 Å². The SMILES string of the molecule is Cc1cc(Br)c(O)c(C(=O)/C=C/c2ccc(Cl)cc2)c1. The first-order chi connectivity index (χ1) is 9.47. The third-order valence-electron chi connectivity index (χ3n) is 2.77. The standard InChI is InChI=1S/C16H12BrClO2/c1-10-8-13(16(20)14(17)9-10)15(19)7-4-11-2-5-12(18)6-3-11/h2-9,20H,1H3/b7-4+. The molecule has 2 aromatic rings. The Kier molecular flexibility index (Phi) is 4.63. The average molecular weight is 352 g/mol. The van der Waals surface area contributed by atoms with Crippen LogP contribution < -0.4 is 0 Å². The van der Waals surface area contributed by atoms with Crippen molar-refractivity contribution in [1.29, 1.82) is 0 Å². The molecule has 0 aliphatic heterocycles. The monoisotopic (exact) mass is 350 g/mol. The molecule has 0 bridgehead atoms. The summed E-state index contributed by atoms with van der Waals surface area (Å²) in [5.74, 6) is -0.289. The molecule has 0 fully saturated rings. The summed E-state index contributed by atoms with van der Waals surface area (Å²) >= 11 is 9.02. The van der Waals surface area contributed by atoms with E-state index in [9.17, 15) is 9.90 Å². The van der Waals surface area contributed by atoms with Crippen LogP contribution in [0.25, 0.3) is 6.08 Å².